The third kappa shape index (κ3) is 4.90. The number of nitrogens with one attached hydrogen (secondary N) is 1. The zero-order valence-electron chi connectivity index (χ0n) is 19.5. The Morgan fingerprint density at radius 2 is 1.59 bits per heavy atom. The predicted octanol–water partition coefficient (Wildman–Crippen LogP) is 4.59. The Hall–Kier alpha value is -3.42. The molecule has 4 aromatic rings. The smallest absolute Gasteiger partial charge is 0.252 e. The first-order valence-electron chi connectivity index (χ1n) is 11.1. The van der Waals surface area contributed by atoms with E-state index in [2.05, 4.69) is 4.98 Å². The molecule has 0 aliphatic carbocycles. The molecule has 0 aliphatic heterocycles. The SMILES string of the molecule is COc1ccc(S(=O)(=O)N(CCc2ccccc2)Cc2cc3c(C)ccc(C)c3[nH]c2=O)cc1. The Kier molecular flexibility index (Phi) is 6.86. The van der Waals surface area contributed by atoms with Gasteiger partial charge in [-0.1, -0.05) is 42.5 Å². The quantitative estimate of drug-likeness (QED) is 0.404. The van der Waals surface area contributed by atoms with Crippen LogP contribution in [0, 0.1) is 13.8 Å². The van der Waals surface area contributed by atoms with Crippen LogP contribution < -0.4 is 10.3 Å². The van der Waals surface area contributed by atoms with Gasteiger partial charge in [-0.05, 0) is 67.3 Å². The van der Waals surface area contributed by atoms with Crippen molar-refractivity contribution in [3.63, 3.8) is 0 Å². The molecule has 0 fully saturated rings. The van der Waals surface area contributed by atoms with E-state index in [-0.39, 0.29) is 23.5 Å². The molecular formula is C27H28N2O4S. The molecular weight excluding hydrogens is 448 g/mol. The van der Waals surface area contributed by atoms with Crippen LogP contribution in [0.25, 0.3) is 10.9 Å². The highest BCUT2D eigenvalue weighted by molar-refractivity contribution is 7.89. The Morgan fingerprint density at radius 3 is 2.26 bits per heavy atom. The average molecular weight is 477 g/mol. The molecule has 0 bridgehead atoms. The number of aryl methyl sites for hydroxylation is 2. The Bertz CT molecular complexity index is 1460. The van der Waals surface area contributed by atoms with Crippen LogP contribution >= 0.6 is 0 Å². The third-order valence-corrected chi connectivity index (χ3v) is 7.92. The monoisotopic (exact) mass is 476 g/mol. The largest absolute Gasteiger partial charge is 0.497 e. The minimum absolute atomic E-state index is 0.0279. The molecule has 176 valence electrons. The number of aromatic nitrogens is 1. The van der Waals surface area contributed by atoms with Crippen molar-refractivity contribution >= 4 is 20.9 Å². The maximum Gasteiger partial charge on any atom is 0.252 e. The van der Waals surface area contributed by atoms with Crippen LogP contribution in [0.2, 0.25) is 0 Å². The first-order valence-corrected chi connectivity index (χ1v) is 12.5. The van der Waals surface area contributed by atoms with Gasteiger partial charge in [0.1, 0.15) is 5.75 Å². The van der Waals surface area contributed by atoms with Crippen molar-refractivity contribution in [2.24, 2.45) is 0 Å². The molecule has 0 unspecified atom stereocenters. The van der Waals surface area contributed by atoms with Crippen LogP contribution in [-0.2, 0) is 23.0 Å². The minimum Gasteiger partial charge on any atom is -0.497 e. The number of ether oxygens (including phenoxy) is 1. The van der Waals surface area contributed by atoms with E-state index in [9.17, 15) is 13.2 Å². The second-order valence-electron chi connectivity index (χ2n) is 8.36. The molecule has 0 spiro atoms. The van der Waals surface area contributed by atoms with Crippen molar-refractivity contribution in [3.8, 4) is 5.75 Å². The molecule has 4 rings (SSSR count). The normalized spacial score (nSPS) is 11.8. The van der Waals surface area contributed by atoms with Gasteiger partial charge >= 0.3 is 0 Å². The summed E-state index contributed by atoms with van der Waals surface area (Å²) < 4.78 is 33.8. The van der Waals surface area contributed by atoms with Gasteiger partial charge in [-0.15, -0.1) is 0 Å². The Labute approximate surface area is 199 Å². The van der Waals surface area contributed by atoms with Gasteiger partial charge in [0.2, 0.25) is 10.0 Å². The number of aromatic amines is 1. The fourth-order valence-electron chi connectivity index (χ4n) is 4.01. The average Bonchev–Trinajstić information content (AvgIpc) is 2.85. The zero-order valence-corrected chi connectivity index (χ0v) is 20.4. The number of pyridine rings is 1. The summed E-state index contributed by atoms with van der Waals surface area (Å²) in [5.41, 5.74) is 3.92. The standard InChI is InChI=1S/C27H28N2O4S/c1-19-9-10-20(2)26-25(19)17-22(27(30)28-26)18-29(16-15-21-7-5-4-6-8-21)34(31,32)24-13-11-23(33-3)12-14-24/h4-14,17H,15-16,18H2,1-3H3,(H,28,30). The molecule has 6 nitrogen and oxygen atoms in total. The maximum atomic E-state index is 13.6. The first-order chi connectivity index (χ1) is 16.3. The lowest BCUT2D eigenvalue weighted by Gasteiger charge is -2.23. The molecule has 34 heavy (non-hydrogen) atoms. The van der Waals surface area contributed by atoms with E-state index in [1.54, 1.807) is 12.1 Å². The van der Waals surface area contributed by atoms with Crippen molar-refractivity contribution in [1.29, 1.82) is 0 Å². The highest BCUT2D eigenvalue weighted by Crippen LogP contribution is 2.24. The van der Waals surface area contributed by atoms with Gasteiger partial charge < -0.3 is 9.72 Å². The number of rotatable bonds is 8. The Balaban J connectivity index is 1.74. The van der Waals surface area contributed by atoms with E-state index >= 15 is 0 Å². The second kappa shape index (κ2) is 9.83. The van der Waals surface area contributed by atoms with Crippen LogP contribution in [0.3, 0.4) is 0 Å². The van der Waals surface area contributed by atoms with Gasteiger partial charge in [-0.2, -0.15) is 4.31 Å². The van der Waals surface area contributed by atoms with E-state index in [0.717, 1.165) is 27.6 Å². The number of fused-ring (bicyclic) bond motifs is 1. The van der Waals surface area contributed by atoms with Crippen molar-refractivity contribution in [1.82, 2.24) is 9.29 Å². The minimum atomic E-state index is -3.86. The molecule has 0 aliphatic rings. The van der Waals surface area contributed by atoms with Gasteiger partial charge in [0.05, 0.1) is 17.5 Å². The molecule has 0 saturated carbocycles. The molecule has 0 saturated heterocycles. The van der Waals surface area contributed by atoms with Crippen molar-refractivity contribution < 1.29 is 13.2 Å². The van der Waals surface area contributed by atoms with E-state index in [1.807, 2.05) is 62.4 Å². The number of hydrogen-bond donors (Lipinski definition) is 1. The van der Waals surface area contributed by atoms with Crippen molar-refractivity contribution in [2.75, 3.05) is 13.7 Å². The number of H-pyrrole nitrogens is 1. The second-order valence-corrected chi connectivity index (χ2v) is 10.3. The van der Waals surface area contributed by atoms with Gasteiger partial charge in [0.25, 0.3) is 5.56 Å². The van der Waals surface area contributed by atoms with Crippen LogP contribution in [0.5, 0.6) is 5.75 Å². The zero-order chi connectivity index (χ0) is 24.3. The molecule has 1 heterocycles. The lowest BCUT2D eigenvalue weighted by Crippen LogP contribution is -2.34. The topological polar surface area (TPSA) is 79.5 Å². The molecule has 3 aromatic carbocycles. The highest BCUT2D eigenvalue weighted by atomic mass is 32.2. The molecule has 1 aromatic heterocycles. The van der Waals surface area contributed by atoms with Crippen LogP contribution in [0.1, 0.15) is 22.3 Å². The van der Waals surface area contributed by atoms with E-state index in [4.69, 9.17) is 4.74 Å². The van der Waals surface area contributed by atoms with E-state index < -0.39 is 10.0 Å². The van der Waals surface area contributed by atoms with Crippen LogP contribution in [0.4, 0.5) is 0 Å². The summed E-state index contributed by atoms with van der Waals surface area (Å²) in [5.74, 6) is 0.576. The van der Waals surface area contributed by atoms with Crippen LogP contribution in [-0.4, -0.2) is 31.4 Å². The van der Waals surface area contributed by atoms with Gasteiger partial charge in [-0.3, -0.25) is 4.79 Å². The number of hydrogen-bond acceptors (Lipinski definition) is 4. The number of methoxy groups -OCH3 is 1. The third-order valence-electron chi connectivity index (χ3n) is 6.06. The molecule has 0 atom stereocenters. The number of sulfonamides is 1. The fraction of sp³-hybridized carbons (Fsp3) is 0.222. The molecule has 7 heteroatoms. The molecule has 0 radical (unpaired) electrons. The van der Waals surface area contributed by atoms with Crippen molar-refractivity contribution in [2.45, 2.75) is 31.7 Å². The summed E-state index contributed by atoms with van der Waals surface area (Å²) in [5, 5.41) is 0.916. The molecule has 1 N–H and O–H groups in total. The number of benzene rings is 3. The summed E-state index contributed by atoms with van der Waals surface area (Å²) in [6.45, 7) is 4.13. The van der Waals surface area contributed by atoms with E-state index in [0.29, 0.717) is 17.7 Å². The maximum absolute atomic E-state index is 13.6. The van der Waals surface area contributed by atoms with Gasteiger partial charge in [0, 0.05) is 24.0 Å². The summed E-state index contributed by atoms with van der Waals surface area (Å²) in [7, 11) is -2.32. The number of nitrogens with zero attached hydrogens (tertiary/aromatic N) is 1. The van der Waals surface area contributed by atoms with Crippen molar-refractivity contribution in [3.05, 3.63) is 105 Å². The highest BCUT2D eigenvalue weighted by Gasteiger charge is 2.26. The lowest BCUT2D eigenvalue weighted by atomic mass is 10.0. The fourth-order valence-corrected chi connectivity index (χ4v) is 5.42. The van der Waals surface area contributed by atoms with Gasteiger partial charge in [-0.25, -0.2) is 8.42 Å². The van der Waals surface area contributed by atoms with E-state index in [1.165, 1.54) is 23.5 Å². The summed E-state index contributed by atoms with van der Waals surface area (Å²) in [6, 6.07) is 21.8. The predicted molar refractivity (Wildman–Crippen MR) is 135 cm³/mol. The Morgan fingerprint density at radius 1 is 0.912 bits per heavy atom. The van der Waals surface area contributed by atoms with Crippen LogP contribution in [0.15, 0.2) is 82.5 Å². The lowest BCUT2D eigenvalue weighted by molar-refractivity contribution is 0.406. The summed E-state index contributed by atoms with van der Waals surface area (Å²) >= 11 is 0. The summed E-state index contributed by atoms with van der Waals surface area (Å²) in [6.07, 6.45) is 0.528. The first kappa shape index (κ1) is 23.7. The molecule has 0 amide bonds. The summed E-state index contributed by atoms with van der Waals surface area (Å²) in [4.78, 5) is 16.1. The van der Waals surface area contributed by atoms with Gasteiger partial charge in [0.15, 0.2) is 0 Å².